The number of rotatable bonds is 7. The maximum absolute atomic E-state index is 12.4. The number of amides is 1. The largest absolute Gasteiger partial charge is 0.481 e. The van der Waals surface area contributed by atoms with Gasteiger partial charge in [0.1, 0.15) is 5.75 Å². The van der Waals surface area contributed by atoms with Crippen molar-refractivity contribution in [2.75, 3.05) is 11.9 Å². The number of carbonyl (C=O) groups excluding carboxylic acids is 2. The average molecular weight is 404 g/mol. The van der Waals surface area contributed by atoms with Crippen LogP contribution >= 0.6 is 0 Å². The van der Waals surface area contributed by atoms with E-state index in [2.05, 4.69) is 10.4 Å². The lowest BCUT2D eigenvalue weighted by Crippen LogP contribution is -2.30. The van der Waals surface area contributed by atoms with Crippen LogP contribution in [-0.2, 0) is 9.53 Å². The summed E-state index contributed by atoms with van der Waals surface area (Å²) in [4.78, 5) is 24.1. The Balaban J connectivity index is 1.60. The number of esters is 1. The Morgan fingerprint density at radius 1 is 1.13 bits per heavy atom. The molecule has 3 rings (SSSR count). The minimum Gasteiger partial charge on any atom is -0.481 e. The number of nitrogens with one attached hydrogen (secondary N) is 1. The lowest BCUT2D eigenvalue weighted by Gasteiger charge is -2.15. The number of hydrogen-bond donors (Lipinski definition) is 1. The van der Waals surface area contributed by atoms with Crippen LogP contribution in [0.3, 0.4) is 0 Å². The lowest BCUT2D eigenvalue weighted by atomic mass is 10.2. The number of benzene rings is 2. The fourth-order valence-electron chi connectivity index (χ4n) is 2.59. The van der Waals surface area contributed by atoms with E-state index in [0.29, 0.717) is 17.0 Å². The number of hydrogen-bond acceptors (Lipinski definition) is 6. The fraction of sp³-hybridized carbons (Fsp3) is 0.182. The predicted octanol–water partition coefficient (Wildman–Crippen LogP) is 3.33. The second-order valence-corrected chi connectivity index (χ2v) is 6.30. The van der Waals surface area contributed by atoms with Crippen molar-refractivity contribution in [1.82, 2.24) is 9.78 Å². The molecule has 8 nitrogen and oxygen atoms in total. The first-order valence-corrected chi connectivity index (χ1v) is 9.31. The highest BCUT2D eigenvalue weighted by Crippen LogP contribution is 2.16. The van der Waals surface area contributed by atoms with Crippen molar-refractivity contribution in [2.24, 2.45) is 0 Å². The molecular formula is C22H20N4O4. The molecule has 1 aromatic heterocycles. The SMILES string of the molecule is CCOC(=O)c1ccn(-c2ccc(NC(=O)C(C)Oc3ccc(C#N)cc3)cc2)n1. The molecule has 1 atom stereocenters. The van der Waals surface area contributed by atoms with E-state index < -0.39 is 12.1 Å². The second-order valence-electron chi connectivity index (χ2n) is 6.30. The van der Waals surface area contributed by atoms with Gasteiger partial charge in [0.05, 0.1) is 23.9 Å². The van der Waals surface area contributed by atoms with E-state index in [9.17, 15) is 9.59 Å². The van der Waals surface area contributed by atoms with Crippen molar-refractivity contribution in [3.05, 3.63) is 72.1 Å². The highest BCUT2D eigenvalue weighted by atomic mass is 16.5. The van der Waals surface area contributed by atoms with Gasteiger partial charge in [-0.25, -0.2) is 9.48 Å². The molecule has 0 fully saturated rings. The topological polar surface area (TPSA) is 106 Å². The molecule has 1 N–H and O–H groups in total. The van der Waals surface area contributed by atoms with Gasteiger partial charge in [-0.2, -0.15) is 10.4 Å². The second kappa shape index (κ2) is 9.39. The number of anilines is 1. The van der Waals surface area contributed by atoms with Crippen molar-refractivity contribution in [3.8, 4) is 17.5 Å². The predicted molar refractivity (Wildman–Crippen MR) is 109 cm³/mol. The molecule has 1 amide bonds. The van der Waals surface area contributed by atoms with Crippen LogP contribution < -0.4 is 10.1 Å². The Morgan fingerprint density at radius 3 is 2.47 bits per heavy atom. The van der Waals surface area contributed by atoms with Gasteiger partial charge in [0.15, 0.2) is 11.8 Å². The highest BCUT2D eigenvalue weighted by molar-refractivity contribution is 5.94. The van der Waals surface area contributed by atoms with E-state index >= 15 is 0 Å². The molecule has 0 bridgehead atoms. The van der Waals surface area contributed by atoms with Crippen molar-refractivity contribution in [2.45, 2.75) is 20.0 Å². The Hall–Kier alpha value is -4.12. The third-order valence-electron chi connectivity index (χ3n) is 4.14. The van der Waals surface area contributed by atoms with Gasteiger partial charge in [-0.15, -0.1) is 0 Å². The van der Waals surface area contributed by atoms with E-state index in [4.69, 9.17) is 14.7 Å². The third kappa shape index (κ3) is 5.02. The van der Waals surface area contributed by atoms with Gasteiger partial charge in [-0.1, -0.05) is 0 Å². The summed E-state index contributed by atoms with van der Waals surface area (Å²) in [6.07, 6.45) is 0.934. The van der Waals surface area contributed by atoms with E-state index in [1.54, 1.807) is 79.3 Å². The molecule has 1 heterocycles. The normalized spacial score (nSPS) is 11.2. The van der Waals surface area contributed by atoms with Crippen LogP contribution in [-0.4, -0.2) is 34.4 Å². The maximum atomic E-state index is 12.4. The van der Waals surface area contributed by atoms with E-state index in [0.717, 1.165) is 5.69 Å². The molecule has 3 aromatic rings. The highest BCUT2D eigenvalue weighted by Gasteiger charge is 2.15. The van der Waals surface area contributed by atoms with Gasteiger partial charge in [0.2, 0.25) is 0 Å². The van der Waals surface area contributed by atoms with Crippen molar-refractivity contribution >= 4 is 17.6 Å². The van der Waals surface area contributed by atoms with Crippen LogP contribution in [0.2, 0.25) is 0 Å². The smallest absolute Gasteiger partial charge is 0.358 e. The van der Waals surface area contributed by atoms with Crippen LogP contribution in [0.4, 0.5) is 5.69 Å². The molecule has 0 aliphatic rings. The first kappa shape index (κ1) is 20.6. The van der Waals surface area contributed by atoms with Crippen LogP contribution in [0.25, 0.3) is 5.69 Å². The van der Waals surface area contributed by atoms with Crippen LogP contribution in [0, 0.1) is 11.3 Å². The molecule has 30 heavy (non-hydrogen) atoms. The van der Waals surface area contributed by atoms with Crippen LogP contribution in [0.1, 0.15) is 29.9 Å². The molecule has 0 saturated carbocycles. The quantitative estimate of drug-likeness (QED) is 0.606. The summed E-state index contributed by atoms with van der Waals surface area (Å²) in [6, 6.07) is 17.1. The summed E-state index contributed by atoms with van der Waals surface area (Å²) in [7, 11) is 0. The van der Waals surface area contributed by atoms with Gasteiger partial charge < -0.3 is 14.8 Å². The van der Waals surface area contributed by atoms with Gasteiger partial charge >= 0.3 is 5.97 Å². The van der Waals surface area contributed by atoms with Crippen LogP contribution in [0.15, 0.2) is 60.8 Å². The van der Waals surface area contributed by atoms with Gasteiger partial charge in [0, 0.05) is 11.9 Å². The maximum Gasteiger partial charge on any atom is 0.358 e. The monoisotopic (exact) mass is 404 g/mol. The zero-order valence-corrected chi connectivity index (χ0v) is 16.5. The molecule has 2 aromatic carbocycles. The fourth-order valence-corrected chi connectivity index (χ4v) is 2.59. The molecule has 0 aliphatic carbocycles. The minimum absolute atomic E-state index is 0.225. The first-order chi connectivity index (χ1) is 14.5. The molecule has 0 spiro atoms. The molecule has 0 aliphatic heterocycles. The zero-order chi connectivity index (χ0) is 21.5. The van der Waals surface area contributed by atoms with E-state index in [-0.39, 0.29) is 18.2 Å². The van der Waals surface area contributed by atoms with E-state index in [1.165, 1.54) is 0 Å². The molecular weight excluding hydrogens is 384 g/mol. The summed E-state index contributed by atoms with van der Waals surface area (Å²) in [5.41, 5.74) is 2.07. The summed E-state index contributed by atoms with van der Waals surface area (Å²) >= 11 is 0. The summed E-state index contributed by atoms with van der Waals surface area (Å²) in [6.45, 7) is 3.66. The Labute approximate surface area is 173 Å². The van der Waals surface area contributed by atoms with Crippen molar-refractivity contribution < 1.29 is 19.1 Å². The molecule has 152 valence electrons. The minimum atomic E-state index is -0.726. The average Bonchev–Trinajstić information content (AvgIpc) is 3.25. The van der Waals surface area contributed by atoms with Crippen LogP contribution in [0.5, 0.6) is 5.75 Å². The Morgan fingerprint density at radius 2 is 1.83 bits per heavy atom. The summed E-state index contributed by atoms with van der Waals surface area (Å²) < 4.78 is 12.1. The van der Waals surface area contributed by atoms with Gasteiger partial charge in [-0.3, -0.25) is 4.79 Å². The van der Waals surface area contributed by atoms with E-state index in [1.807, 2.05) is 6.07 Å². The number of carbonyl (C=O) groups is 2. The number of aromatic nitrogens is 2. The summed E-state index contributed by atoms with van der Waals surface area (Å²) in [5, 5.41) is 15.8. The standard InChI is InChI=1S/C22H20N4O4/c1-3-29-22(28)20-12-13-26(25-20)18-8-6-17(7-9-18)24-21(27)15(2)30-19-10-4-16(14-23)5-11-19/h4-13,15H,3H2,1-2H3,(H,24,27). The molecule has 0 saturated heterocycles. The Bertz CT molecular complexity index is 1070. The summed E-state index contributed by atoms with van der Waals surface area (Å²) in [5.74, 6) is -0.282. The molecule has 8 heteroatoms. The number of nitriles is 1. The van der Waals surface area contributed by atoms with Crippen molar-refractivity contribution in [3.63, 3.8) is 0 Å². The first-order valence-electron chi connectivity index (χ1n) is 9.31. The number of ether oxygens (including phenoxy) is 2. The Kier molecular flexibility index (Phi) is 6.45. The van der Waals surface area contributed by atoms with Gasteiger partial charge in [-0.05, 0) is 68.4 Å². The van der Waals surface area contributed by atoms with Gasteiger partial charge in [0.25, 0.3) is 5.91 Å². The lowest BCUT2D eigenvalue weighted by molar-refractivity contribution is -0.122. The third-order valence-corrected chi connectivity index (χ3v) is 4.14. The number of nitrogens with zero attached hydrogens (tertiary/aromatic N) is 3. The molecule has 1 unspecified atom stereocenters. The molecule has 0 radical (unpaired) electrons. The van der Waals surface area contributed by atoms with Crippen molar-refractivity contribution in [1.29, 1.82) is 5.26 Å². The zero-order valence-electron chi connectivity index (χ0n) is 16.5.